The van der Waals surface area contributed by atoms with Crippen LogP contribution in [0.4, 0.5) is 5.82 Å². The van der Waals surface area contributed by atoms with Gasteiger partial charge in [-0.1, -0.05) is 31.9 Å². The number of aromatic nitrogens is 2. The monoisotopic (exact) mass is 358 g/mol. The van der Waals surface area contributed by atoms with E-state index in [-0.39, 0.29) is 0 Å². The predicted molar refractivity (Wildman–Crippen MR) is 109 cm³/mol. The van der Waals surface area contributed by atoms with Crippen molar-refractivity contribution >= 4 is 39.2 Å². The van der Waals surface area contributed by atoms with Gasteiger partial charge in [-0.05, 0) is 31.3 Å². The molecule has 1 fully saturated rings. The summed E-state index contributed by atoms with van der Waals surface area (Å²) in [5.41, 5.74) is 2.22. The number of aryl methyl sites for hydroxylation is 1. The van der Waals surface area contributed by atoms with E-state index in [2.05, 4.69) is 54.6 Å². The van der Waals surface area contributed by atoms with Crippen molar-refractivity contribution < 1.29 is 0 Å². The summed E-state index contributed by atoms with van der Waals surface area (Å²) in [6.07, 6.45) is 3.35. The predicted octanol–water partition coefficient (Wildman–Crippen LogP) is 4.55. The van der Waals surface area contributed by atoms with Gasteiger partial charge in [0, 0.05) is 55.2 Å². The van der Waals surface area contributed by atoms with E-state index in [1.54, 1.807) is 0 Å². The van der Waals surface area contributed by atoms with Crippen molar-refractivity contribution in [3.8, 4) is 0 Å². The lowest BCUT2D eigenvalue weighted by molar-refractivity contribution is 0.312. The van der Waals surface area contributed by atoms with Crippen molar-refractivity contribution in [1.29, 1.82) is 0 Å². The van der Waals surface area contributed by atoms with Crippen LogP contribution >= 0.6 is 11.6 Å². The van der Waals surface area contributed by atoms with Gasteiger partial charge in [-0.15, -0.1) is 0 Å². The van der Waals surface area contributed by atoms with E-state index < -0.39 is 0 Å². The first-order valence-corrected chi connectivity index (χ1v) is 9.40. The van der Waals surface area contributed by atoms with E-state index in [1.165, 1.54) is 17.3 Å². The van der Waals surface area contributed by atoms with E-state index in [1.807, 2.05) is 18.2 Å². The molecule has 0 radical (unpaired) electrons. The number of fused-ring (bicyclic) bond motifs is 3. The van der Waals surface area contributed by atoms with E-state index in [0.717, 1.165) is 47.9 Å². The second-order valence-electron chi connectivity index (χ2n) is 6.78. The summed E-state index contributed by atoms with van der Waals surface area (Å²) < 4.78 is 2.16. The number of benzene rings is 1. The first-order chi connectivity index (χ1) is 12.0. The van der Waals surface area contributed by atoms with Crippen LogP contribution in [0.15, 0.2) is 30.5 Å². The molecular formula is C20H27ClN4. The number of hydrogen-bond donors (Lipinski definition) is 0. The summed E-state index contributed by atoms with van der Waals surface area (Å²) in [6.45, 7) is 8.45. The second-order valence-corrected chi connectivity index (χ2v) is 7.22. The van der Waals surface area contributed by atoms with Crippen LogP contribution in [0.5, 0.6) is 0 Å². The fraction of sp³-hybridized carbons (Fsp3) is 0.450. The van der Waals surface area contributed by atoms with E-state index in [9.17, 15) is 0 Å². The number of nitrogens with zero attached hydrogens (tertiary/aromatic N) is 4. The van der Waals surface area contributed by atoms with Crippen LogP contribution < -0.4 is 4.90 Å². The normalized spacial score (nSPS) is 15.5. The van der Waals surface area contributed by atoms with Gasteiger partial charge in [0.1, 0.15) is 5.82 Å². The number of likely N-dealkylation sites (N-methyl/N-ethyl adjacent to an activating group) is 1. The van der Waals surface area contributed by atoms with Crippen molar-refractivity contribution in [2.75, 3.05) is 38.1 Å². The van der Waals surface area contributed by atoms with Crippen LogP contribution in [0.25, 0.3) is 21.8 Å². The Kier molecular flexibility index (Phi) is 5.50. The van der Waals surface area contributed by atoms with Gasteiger partial charge in [0.15, 0.2) is 0 Å². The highest BCUT2D eigenvalue weighted by molar-refractivity contribution is 6.31. The summed E-state index contributed by atoms with van der Waals surface area (Å²) in [6, 6.07) is 8.11. The van der Waals surface area contributed by atoms with Gasteiger partial charge in [-0.2, -0.15) is 0 Å². The zero-order chi connectivity index (χ0) is 18.0. The molecule has 1 aliphatic heterocycles. The standard InChI is InChI=1S/C17H19ClN4.C3H8/c1-20-7-9-22(10-8-20)17-13-5-6-21(2)16(13)14-11-12(18)3-4-15(14)19-17;1-3-2/h3-6,11H,7-10H2,1-2H3;3H2,1-2H3. The molecule has 4 rings (SSSR count). The van der Waals surface area contributed by atoms with Crippen molar-refractivity contribution in [2.45, 2.75) is 20.3 Å². The summed E-state index contributed by atoms with van der Waals surface area (Å²) in [4.78, 5) is 9.70. The topological polar surface area (TPSA) is 24.3 Å². The summed E-state index contributed by atoms with van der Waals surface area (Å²) in [5, 5.41) is 3.08. The fourth-order valence-corrected chi connectivity index (χ4v) is 3.45. The summed E-state index contributed by atoms with van der Waals surface area (Å²) in [7, 11) is 4.25. The summed E-state index contributed by atoms with van der Waals surface area (Å²) in [5.74, 6) is 1.10. The molecule has 3 heterocycles. The van der Waals surface area contributed by atoms with Gasteiger partial charge < -0.3 is 14.4 Å². The third-order valence-corrected chi connectivity index (χ3v) is 4.79. The first-order valence-electron chi connectivity index (χ1n) is 9.03. The molecule has 0 atom stereocenters. The number of anilines is 1. The summed E-state index contributed by atoms with van der Waals surface area (Å²) >= 11 is 6.19. The zero-order valence-electron chi connectivity index (χ0n) is 15.6. The molecule has 2 aromatic heterocycles. The third kappa shape index (κ3) is 3.60. The minimum absolute atomic E-state index is 0.754. The highest BCUT2D eigenvalue weighted by atomic mass is 35.5. The van der Waals surface area contributed by atoms with Gasteiger partial charge in [0.05, 0.1) is 11.0 Å². The number of pyridine rings is 1. The van der Waals surface area contributed by atoms with Crippen molar-refractivity contribution in [3.63, 3.8) is 0 Å². The average Bonchev–Trinajstić information content (AvgIpc) is 2.98. The van der Waals surface area contributed by atoms with Gasteiger partial charge >= 0.3 is 0 Å². The Labute approximate surface area is 155 Å². The molecule has 1 aliphatic rings. The average molecular weight is 359 g/mol. The maximum Gasteiger partial charge on any atom is 0.138 e. The van der Waals surface area contributed by atoms with Crippen LogP contribution in [0.2, 0.25) is 5.02 Å². The fourth-order valence-electron chi connectivity index (χ4n) is 3.27. The van der Waals surface area contributed by atoms with Crippen LogP contribution in [0, 0.1) is 0 Å². The Morgan fingerprint density at radius 1 is 1.00 bits per heavy atom. The second kappa shape index (κ2) is 7.63. The number of rotatable bonds is 1. The lowest BCUT2D eigenvalue weighted by Crippen LogP contribution is -2.44. The highest BCUT2D eigenvalue weighted by Gasteiger charge is 2.20. The van der Waals surface area contributed by atoms with E-state index in [0.29, 0.717) is 0 Å². The van der Waals surface area contributed by atoms with Gasteiger partial charge in [-0.3, -0.25) is 0 Å². The van der Waals surface area contributed by atoms with Crippen LogP contribution in [-0.4, -0.2) is 47.7 Å². The molecule has 134 valence electrons. The molecule has 0 bridgehead atoms. The lowest BCUT2D eigenvalue weighted by Gasteiger charge is -2.33. The highest BCUT2D eigenvalue weighted by Crippen LogP contribution is 2.33. The molecule has 1 aromatic carbocycles. The molecule has 4 nitrogen and oxygen atoms in total. The van der Waals surface area contributed by atoms with Gasteiger partial charge in [0.25, 0.3) is 0 Å². The molecule has 25 heavy (non-hydrogen) atoms. The van der Waals surface area contributed by atoms with Gasteiger partial charge in [0.2, 0.25) is 0 Å². The van der Waals surface area contributed by atoms with Crippen LogP contribution in [0.3, 0.4) is 0 Å². The molecule has 1 saturated heterocycles. The maximum absolute atomic E-state index is 6.19. The molecule has 0 unspecified atom stereocenters. The molecule has 5 heteroatoms. The quantitative estimate of drug-likeness (QED) is 0.638. The van der Waals surface area contributed by atoms with Crippen LogP contribution in [0.1, 0.15) is 20.3 Å². The van der Waals surface area contributed by atoms with Crippen LogP contribution in [-0.2, 0) is 7.05 Å². The minimum atomic E-state index is 0.754. The smallest absolute Gasteiger partial charge is 0.138 e. The Morgan fingerprint density at radius 2 is 1.68 bits per heavy atom. The maximum atomic E-state index is 6.19. The Hall–Kier alpha value is -1.78. The number of halogens is 1. The van der Waals surface area contributed by atoms with Crippen molar-refractivity contribution in [2.24, 2.45) is 7.05 Å². The molecule has 0 aliphatic carbocycles. The van der Waals surface area contributed by atoms with E-state index >= 15 is 0 Å². The number of hydrogen-bond acceptors (Lipinski definition) is 3. The lowest BCUT2D eigenvalue weighted by atomic mass is 10.1. The Balaban J connectivity index is 0.000000569. The van der Waals surface area contributed by atoms with Gasteiger partial charge in [-0.25, -0.2) is 4.98 Å². The molecule has 0 N–H and O–H groups in total. The SMILES string of the molecule is CCC.CN1CCN(c2nc3ccc(Cl)cc3c3c2ccn3C)CC1. The largest absolute Gasteiger partial charge is 0.353 e. The van der Waals surface area contributed by atoms with Crippen molar-refractivity contribution in [3.05, 3.63) is 35.5 Å². The number of piperazine rings is 1. The first kappa shape index (κ1) is 18.0. The molecule has 0 amide bonds. The third-order valence-electron chi connectivity index (χ3n) is 4.56. The molecular weight excluding hydrogens is 332 g/mol. The molecule has 3 aromatic rings. The molecule has 0 spiro atoms. The Bertz CT molecular complexity index is 863. The Morgan fingerprint density at radius 3 is 2.36 bits per heavy atom. The van der Waals surface area contributed by atoms with Crippen molar-refractivity contribution in [1.82, 2.24) is 14.5 Å². The minimum Gasteiger partial charge on any atom is -0.353 e. The van der Waals surface area contributed by atoms with E-state index in [4.69, 9.17) is 16.6 Å². The molecule has 0 saturated carbocycles. The zero-order valence-corrected chi connectivity index (χ0v) is 16.3.